The van der Waals surface area contributed by atoms with E-state index in [-0.39, 0.29) is 6.61 Å². The zero-order valence-corrected chi connectivity index (χ0v) is 19.3. The first-order chi connectivity index (χ1) is 16.8. The van der Waals surface area contributed by atoms with E-state index in [4.69, 9.17) is 4.74 Å². The largest absolute Gasteiger partial charge is 0.491 e. The molecule has 7 heteroatoms. The van der Waals surface area contributed by atoms with Crippen LogP contribution in [-0.2, 0) is 6.54 Å². The second-order valence-corrected chi connectivity index (χ2v) is 8.89. The molecule has 170 valence electrons. The topological polar surface area (TPSA) is 73.1 Å². The molecular weight excluding hydrogens is 444 g/mol. The van der Waals surface area contributed by atoms with Crippen LogP contribution in [0.25, 0.3) is 22.2 Å². The Kier molecular flexibility index (Phi) is 6.84. The number of aromatic nitrogens is 4. The summed E-state index contributed by atoms with van der Waals surface area (Å²) in [6, 6.07) is 28.1. The standard InChI is InChI=1S/C27H24N4O2S/c32-24(18-33-25-11-10-21-8-4-5-9-23(21)16-25)19-34-27-30-29-26(22-12-14-28-15-13-22)31(27)17-20-6-2-1-3-7-20/h1-16,24,32H,17-19H2. The molecule has 0 aliphatic carbocycles. The lowest BCUT2D eigenvalue weighted by atomic mass is 10.1. The van der Waals surface area contributed by atoms with Gasteiger partial charge in [0.1, 0.15) is 12.4 Å². The third-order valence-corrected chi connectivity index (χ3v) is 6.52. The highest BCUT2D eigenvalue weighted by Crippen LogP contribution is 2.26. The van der Waals surface area contributed by atoms with Crippen LogP contribution in [0.15, 0.2) is 102 Å². The highest BCUT2D eigenvalue weighted by atomic mass is 32.2. The summed E-state index contributed by atoms with van der Waals surface area (Å²) in [5.41, 5.74) is 2.10. The third kappa shape index (κ3) is 5.27. The maximum Gasteiger partial charge on any atom is 0.191 e. The molecule has 0 saturated carbocycles. The molecule has 6 nitrogen and oxygen atoms in total. The summed E-state index contributed by atoms with van der Waals surface area (Å²) in [5, 5.41) is 22.5. The fourth-order valence-electron chi connectivity index (χ4n) is 3.69. The lowest BCUT2D eigenvalue weighted by Crippen LogP contribution is -2.20. The molecule has 0 aliphatic rings. The van der Waals surface area contributed by atoms with Gasteiger partial charge >= 0.3 is 0 Å². The van der Waals surface area contributed by atoms with Crippen LogP contribution in [0.1, 0.15) is 5.56 Å². The van der Waals surface area contributed by atoms with Crippen molar-refractivity contribution in [3.05, 3.63) is 103 Å². The number of fused-ring (bicyclic) bond motifs is 1. The van der Waals surface area contributed by atoms with E-state index in [0.29, 0.717) is 12.3 Å². The molecular formula is C27H24N4O2S. The van der Waals surface area contributed by atoms with Gasteiger partial charge < -0.3 is 9.84 Å². The van der Waals surface area contributed by atoms with Crippen molar-refractivity contribution in [1.29, 1.82) is 0 Å². The number of hydrogen-bond donors (Lipinski definition) is 1. The minimum Gasteiger partial charge on any atom is -0.491 e. The van der Waals surface area contributed by atoms with Crippen LogP contribution < -0.4 is 4.74 Å². The first-order valence-corrected chi connectivity index (χ1v) is 12.0. The molecule has 0 spiro atoms. The summed E-state index contributed by atoms with van der Waals surface area (Å²) >= 11 is 1.47. The van der Waals surface area contributed by atoms with Crippen molar-refractivity contribution in [2.75, 3.05) is 12.4 Å². The molecule has 0 aliphatic heterocycles. The van der Waals surface area contributed by atoms with Crippen molar-refractivity contribution in [3.63, 3.8) is 0 Å². The minimum absolute atomic E-state index is 0.204. The smallest absolute Gasteiger partial charge is 0.191 e. The van der Waals surface area contributed by atoms with Crippen LogP contribution in [-0.4, -0.2) is 43.3 Å². The van der Waals surface area contributed by atoms with Crippen LogP contribution in [0.2, 0.25) is 0 Å². The lowest BCUT2D eigenvalue weighted by Gasteiger charge is -2.14. The minimum atomic E-state index is -0.650. The summed E-state index contributed by atoms with van der Waals surface area (Å²) in [4.78, 5) is 4.10. The van der Waals surface area contributed by atoms with Gasteiger partial charge in [-0.05, 0) is 40.6 Å². The summed E-state index contributed by atoms with van der Waals surface area (Å²) in [7, 11) is 0. The van der Waals surface area contributed by atoms with Gasteiger partial charge in [0, 0.05) is 23.7 Å². The van der Waals surface area contributed by atoms with E-state index in [1.165, 1.54) is 11.8 Å². The SMILES string of the molecule is OC(COc1ccc2ccccc2c1)CSc1nnc(-c2ccncc2)n1Cc1ccccc1. The molecule has 1 unspecified atom stereocenters. The fourth-order valence-corrected chi connectivity index (χ4v) is 4.53. The maximum atomic E-state index is 10.6. The maximum absolute atomic E-state index is 10.6. The Bertz CT molecular complexity index is 1360. The molecule has 0 saturated heterocycles. The predicted octanol–water partition coefficient (Wildman–Crippen LogP) is 5.07. The normalized spacial score (nSPS) is 12.0. The molecule has 1 atom stereocenters. The second-order valence-electron chi connectivity index (χ2n) is 7.90. The molecule has 0 amide bonds. The van der Waals surface area contributed by atoms with Gasteiger partial charge in [-0.25, -0.2) is 0 Å². The van der Waals surface area contributed by atoms with Crippen LogP contribution in [0.3, 0.4) is 0 Å². The number of nitrogens with zero attached hydrogens (tertiary/aromatic N) is 4. The van der Waals surface area contributed by atoms with Crippen molar-refractivity contribution in [2.45, 2.75) is 17.8 Å². The molecule has 5 aromatic rings. The number of thioether (sulfide) groups is 1. The van der Waals surface area contributed by atoms with Crippen molar-refractivity contribution < 1.29 is 9.84 Å². The van der Waals surface area contributed by atoms with Crippen molar-refractivity contribution in [2.24, 2.45) is 0 Å². The molecule has 2 heterocycles. The second kappa shape index (κ2) is 10.5. The van der Waals surface area contributed by atoms with E-state index >= 15 is 0 Å². The van der Waals surface area contributed by atoms with Crippen molar-refractivity contribution >= 4 is 22.5 Å². The molecule has 3 aromatic carbocycles. The highest BCUT2D eigenvalue weighted by molar-refractivity contribution is 7.99. The molecule has 34 heavy (non-hydrogen) atoms. The highest BCUT2D eigenvalue weighted by Gasteiger charge is 2.17. The Morgan fingerprint density at radius 3 is 2.44 bits per heavy atom. The van der Waals surface area contributed by atoms with Crippen LogP contribution in [0.5, 0.6) is 5.75 Å². The molecule has 1 N–H and O–H groups in total. The Balaban J connectivity index is 1.27. The van der Waals surface area contributed by atoms with Crippen molar-refractivity contribution in [3.8, 4) is 17.1 Å². The number of rotatable bonds is 9. The van der Waals surface area contributed by atoms with E-state index in [2.05, 4.69) is 44.0 Å². The average Bonchev–Trinajstić information content (AvgIpc) is 3.29. The van der Waals surface area contributed by atoms with E-state index in [9.17, 15) is 5.11 Å². The summed E-state index contributed by atoms with van der Waals surface area (Å²) in [5.74, 6) is 1.96. The van der Waals surface area contributed by atoms with Gasteiger partial charge in [-0.3, -0.25) is 9.55 Å². The Morgan fingerprint density at radius 1 is 0.853 bits per heavy atom. The number of ether oxygens (including phenoxy) is 1. The molecule has 0 fully saturated rings. The van der Waals surface area contributed by atoms with Crippen LogP contribution >= 0.6 is 11.8 Å². The van der Waals surface area contributed by atoms with Crippen LogP contribution in [0, 0.1) is 0 Å². The number of hydrogen-bond acceptors (Lipinski definition) is 6. The van der Waals surface area contributed by atoms with Gasteiger partial charge in [-0.15, -0.1) is 10.2 Å². The van der Waals surface area contributed by atoms with Gasteiger partial charge in [0.15, 0.2) is 11.0 Å². The summed E-state index contributed by atoms with van der Waals surface area (Å²) in [6.45, 7) is 0.840. The Hall–Kier alpha value is -3.68. The van der Waals surface area contributed by atoms with E-state index in [0.717, 1.165) is 38.6 Å². The zero-order valence-electron chi connectivity index (χ0n) is 18.5. The molecule has 0 bridgehead atoms. The number of aliphatic hydroxyl groups excluding tert-OH is 1. The number of benzene rings is 3. The van der Waals surface area contributed by atoms with Gasteiger partial charge in [0.25, 0.3) is 0 Å². The average molecular weight is 469 g/mol. The zero-order chi connectivity index (χ0) is 23.2. The predicted molar refractivity (Wildman–Crippen MR) is 135 cm³/mol. The van der Waals surface area contributed by atoms with E-state index in [1.807, 2.05) is 60.7 Å². The monoisotopic (exact) mass is 468 g/mol. The first-order valence-electron chi connectivity index (χ1n) is 11.1. The summed E-state index contributed by atoms with van der Waals surface area (Å²) < 4.78 is 7.93. The number of aliphatic hydroxyl groups is 1. The number of pyridine rings is 1. The van der Waals surface area contributed by atoms with E-state index in [1.54, 1.807) is 12.4 Å². The molecule has 5 rings (SSSR count). The lowest BCUT2D eigenvalue weighted by molar-refractivity contribution is 0.126. The van der Waals surface area contributed by atoms with Gasteiger partial charge in [0.2, 0.25) is 0 Å². The van der Waals surface area contributed by atoms with Crippen molar-refractivity contribution in [1.82, 2.24) is 19.7 Å². The quantitative estimate of drug-likeness (QED) is 0.304. The molecule has 2 aromatic heterocycles. The van der Waals surface area contributed by atoms with Gasteiger partial charge in [0.05, 0.1) is 12.6 Å². The van der Waals surface area contributed by atoms with E-state index < -0.39 is 6.10 Å². The van der Waals surface area contributed by atoms with Gasteiger partial charge in [-0.1, -0.05) is 72.4 Å². The van der Waals surface area contributed by atoms with Crippen LogP contribution in [0.4, 0.5) is 0 Å². The first kappa shape index (κ1) is 22.1. The fraction of sp³-hybridized carbons (Fsp3) is 0.148. The Morgan fingerprint density at radius 2 is 1.62 bits per heavy atom. The third-order valence-electron chi connectivity index (χ3n) is 5.41. The van der Waals surface area contributed by atoms with Gasteiger partial charge in [-0.2, -0.15) is 0 Å². The summed E-state index contributed by atoms with van der Waals surface area (Å²) in [6.07, 6.45) is 2.84. The molecule has 0 radical (unpaired) electrons. The Labute approximate surface area is 202 Å².